The van der Waals surface area contributed by atoms with Crippen LogP contribution in [0.3, 0.4) is 0 Å². The number of methoxy groups -OCH3 is 1. The van der Waals surface area contributed by atoms with E-state index < -0.39 is 10.1 Å². The van der Waals surface area contributed by atoms with Gasteiger partial charge in [0.05, 0.1) is 7.11 Å². The number of rotatable bonds is 7. The summed E-state index contributed by atoms with van der Waals surface area (Å²) in [6, 6.07) is 21.2. The molecule has 0 radical (unpaired) electrons. The Labute approximate surface area is 159 Å². The van der Waals surface area contributed by atoms with Crippen molar-refractivity contribution in [2.24, 2.45) is 0 Å². The van der Waals surface area contributed by atoms with Crippen LogP contribution in [0.2, 0.25) is 0 Å². The standard InChI is InChI=1S/C21H21NO4S/c1-16-6-12-21(13-7-16)27(23,24)26-20-5-3-4-18(14-20)22-15-17-8-10-19(25-2)11-9-17/h3-14,22H,15H2,1-2H3. The fraction of sp³-hybridized carbons (Fsp3) is 0.143. The zero-order valence-electron chi connectivity index (χ0n) is 15.2. The molecule has 0 saturated heterocycles. The summed E-state index contributed by atoms with van der Waals surface area (Å²) < 4.78 is 35.2. The number of hydrogen-bond acceptors (Lipinski definition) is 5. The second kappa shape index (κ2) is 8.14. The van der Waals surface area contributed by atoms with E-state index in [2.05, 4.69) is 5.32 Å². The molecule has 3 aromatic rings. The molecule has 0 heterocycles. The van der Waals surface area contributed by atoms with Crippen molar-refractivity contribution in [2.75, 3.05) is 12.4 Å². The predicted octanol–water partition coefficient (Wildman–Crippen LogP) is 4.38. The molecule has 27 heavy (non-hydrogen) atoms. The normalized spacial score (nSPS) is 11.0. The maximum absolute atomic E-state index is 12.4. The third-order valence-corrected chi connectivity index (χ3v) is 5.27. The van der Waals surface area contributed by atoms with Gasteiger partial charge < -0.3 is 14.2 Å². The lowest BCUT2D eigenvalue weighted by Gasteiger charge is -2.11. The Bertz CT molecular complexity index is 997. The van der Waals surface area contributed by atoms with Gasteiger partial charge >= 0.3 is 10.1 Å². The molecule has 0 atom stereocenters. The third kappa shape index (κ3) is 5.01. The van der Waals surface area contributed by atoms with Gasteiger partial charge in [-0.25, -0.2) is 0 Å². The Morgan fingerprint density at radius 2 is 1.59 bits per heavy atom. The van der Waals surface area contributed by atoms with Gasteiger partial charge in [-0.05, 0) is 48.9 Å². The summed E-state index contributed by atoms with van der Waals surface area (Å²) in [7, 11) is -2.23. The molecule has 140 valence electrons. The quantitative estimate of drug-likeness (QED) is 0.613. The lowest BCUT2D eigenvalue weighted by Crippen LogP contribution is -2.10. The lowest BCUT2D eigenvalue weighted by atomic mass is 10.2. The van der Waals surface area contributed by atoms with E-state index in [0.29, 0.717) is 6.54 Å². The highest BCUT2D eigenvalue weighted by Gasteiger charge is 2.16. The Morgan fingerprint density at radius 3 is 2.26 bits per heavy atom. The summed E-state index contributed by atoms with van der Waals surface area (Å²) >= 11 is 0. The van der Waals surface area contributed by atoms with Crippen LogP contribution in [0, 0.1) is 6.92 Å². The molecule has 3 rings (SSSR count). The van der Waals surface area contributed by atoms with Crippen LogP contribution in [0.1, 0.15) is 11.1 Å². The van der Waals surface area contributed by atoms with Crippen molar-refractivity contribution < 1.29 is 17.3 Å². The van der Waals surface area contributed by atoms with Crippen LogP contribution >= 0.6 is 0 Å². The van der Waals surface area contributed by atoms with Gasteiger partial charge in [-0.3, -0.25) is 0 Å². The van der Waals surface area contributed by atoms with E-state index in [4.69, 9.17) is 8.92 Å². The second-order valence-electron chi connectivity index (χ2n) is 6.08. The molecular formula is C21H21NO4S. The molecule has 0 amide bonds. The summed E-state index contributed by atoms with van der Waals surface area (Å²) in [5.74, 6) is 1.06. The minimum absolute atomic E-state index is 0.129. The minimum atomic E-state index is -3.86. The Morgan fingerprint density at radius 1 is 0.889 bits per heavy atom. The first-order valence-corrected chi connectivity index (χ1v) is 9.85. The van der Waals surface area contributed by atoms with Crippen molar-refractivity contribution in [3.8, 4) is 11.5 Å². The van der Waals surface area contributed by atoms with E-state index in [1.165, 1.54) is 12.1 Å². The predicted molar refractivity (Wildman–Crippen MR) is 106 cm³/mol. The molecular weight excluding hydrogens is 362 g/mol. The Balaban J connectivity index is 1.68. The van der Waals surface area contributed by atoms with Gasteiger partial charge in [-0.1, -0.05) is 35.9 Å². The van der Waals surface area contributed by atoms with Crippen LogP contribution in [-0.4, -0.2) is 15.5 Å². The van der Waals surface area contributed by atoms with E-state index in [-0.39, 0.29) is 10.6 Å². The van der Waals surface area contributed by atoms with Crippen molar-refractivity contribution in [3.05, 3.63) is 83.9 Å². The molecule has 0 aliphatic heterocycles. The molecule has 0 unspecified atom stereocenters. The maximum atomic E-state index is 12.4. The number of benzene rings is 3. The van der Waals surface area contributed by atoms with Crippen molar-refractivity contribution in [1.29, 1.82) is 0 Å². The second-order valence-corrected chi connectivity index (χ2v) is 7.63. The highest BCUT2D eigenvalue weighted by atomic mass is 32.2. The summed E-state index contributed by atoms with van der Waals surface area (Å²) in [5.41, 5.74) is 2.83. The van der Waals surface area contributed by atoms with Crippen molar-refractivity contribution in [1.82, 2.24) is 0 Å². The molecule has 0 bridgehead atoms. The van der Waals surface area contributed by atoms with Gasteiger partial charge in [0.2, 0.25) is 0 Å². The maximum Gasteiger partial charge on any atom is 0.339 e. The van der Waals surface area contributed by atoms with Gasteiger partial charge in [-0.2, -0.15) is 8.42 Å². The zero-order chi connectivity index (χ0) is 19.3. The summed E-state index contributed by atoms with van der Waals surface area (Å²) in [6.45, 7) is 2.49. The molecule has 0 spiro atoms. The molecule has 6 heteroatoms. The fourth-order valence-corrected chi connectivity index (χ4v) is 3.41. The van der Waals surface area contributed by atoms with E-state index in [0.717, 1.165) is 22.6 Å². The first kappa shape index (κ1) is 18.8. The van der Waals surface area contributed by atoms with Gasteiger partial charge in [0.15, 0.2) is 0 Å². The molecule has 3 aromatic carbocycles. The Hall–Kier alpha value is -2.99. The zero-order valence-corrected chi connectivity index (χ0v) is 16.0. The SMILES string of the molecule is COc1ccc(CNc2cccc(OS(=O)(=O)c3ccc(C)cc3)c2)cc1. The third-order valence-electron chi connectivity index (χ3n) is 4.01. The first-order valence-electron chi connectivity index (χ1n) is 8.44. The summed E-state index contributed by atoms with van der Waals surface area (Å²) in [4.78, 5) is 0.129. The van der Waals surface area contributed by atoms with Crippen LogP contribution in [0.15, 0.2) is 77.7 Å². The van der Waals surface area contributed by atoms with Gasteiger partial charge in [0.25, 0.3) is 0 Å². The molecule has 0 fully saturated rings. The first-order chi connectivity index (χ1) is 13.0. The van der Waals surface area contributed by atoms with Crippen LogP contribution in [0.4, 0.5) is 5.69 Å². The van der Waals surface area contributed by atoms with Crippen LogP contribution in [-0.2, 0) is 16.7 Å². The van der Waals surface area contributed by atoms with E-state index in [1.807, 2.05) is 37.3 Å². The van der Waals surface area contributed by atoms with Crippen LogP contribution < -0.4 is 14.2 Å². The number of hydrogen-bond donors (Lipinski definition) is 1. The van der Waals surface area contributed by atoms with E-state index in [1.54, 1.807) is 37.4 Å². The van der Waals surface area contributed by atoms with Crippen LogP contribution in [0.5, 0.6) is 11.5 Å². The van der Waals surface area contributed by atoms with Crippen LogP contribution in [0.25, 0.3) is 0 Å². The summed E-state index contributed by atoms with van der Waals surface area (Å²) in [5, 5.41) is 3.26. The number of aryl methyl sites for hydroxylation is 1. The van der Waals surface area contributed by atoms with Gasteiger partial charge in [0, 0.05) is 18.3 Å². The average Bonchev–Trinajstić information content (AvgIpc) is 2.67. The number of anilines is 1. The fourth-order valence-electron chi connectivity index (χ4n) is 2.49. The number of ether oxygens (including phenoxy) is 1. The van der Waals surface area contributed by atoms with Crippen molar-refractivity contribution >= 4 is 15.8 Å². The smallest absolute Gasteiger partial charge is 0.339 e. The van der Waals surface area contributed by atoms with Crippen molar-refractivity contribution in [3.63, 3.8) is 0 Å². The largest absolute Gasteiger partial charge is 0.497 e. The Kier molecular flexibility index (Phi) is 5.66. The average molecular weight is 383 g/mol. The highest BCUT2D eigenvalue weighted by Crippen LogP contribution is 2.23. The highest BCUT2D eigenvalue weighted by molar-refractivity contribution is 7.87. The van der Waals surface area contributed by atoms with Gasteiger partial charge in [0.1, 0.15) is 16.4 Å². The lowest BCUT2D eigenvalue weighted by molar-refractivity contribution is 0.414. The minimum Gasteiger partial charge on any atom is -0.497 e. The molecule has 0 saturated carbocycles. The molecule has 1 N–H and O–H groups in total. The molecule has 0 aliphatic rings. The number of nitrogens with one attached hydrogen (secondary N) is 1. The molecule has 0 aliphatic carbocycles. The molecule has 5 nitrogen and oxygen atoms in total. The topological polar surface area (TPSA) is 64.6 Å². The van der Waals surface area contributed by atoms with Crippen molar-refractivity contribution in [2.45, 2.75) is 18.4 Å². The van der Waals surface area contributed by atoms with Gasteiger partial charge in [-0.15, -0.1) is 0 Å². The summed E-state index contributed by atoms with van der Waals surface area (Å²) in [6.07, 6.45) is 0. The van der Waals surface area contributed by atoms with E-state index >= 15 is 0 Å². The monoisotopic (exact) mass is 383 g/mol. The van der Waals surface area contributed by atoms with E-state index in [9.17, 15) is 8.42 Å². The molecule has 0 aromatic heterocycles.